The molecule has 0 spiro atoms. The van der Waals surface area contributed by atoms with E-state index in [2.05, 4.69) is 23.6 Å². The Balaban J connectivity index is 1.62. The molecule has 2 amide bonds. The van der Waals surface area contributed by atoms with Gasteiger partial charge in [-0.15, -0.1) is 0 Å². The van der Waals surface area contributed by atoms with Gasteiger partial charge >= 0.3 is 0 Å². The molecule has 29 heavy (non-hydrogen) atoms. The summed E-state index contributed by atoms with van der Waals surface area (Å²) in [5.74, 6) is -0.273. The lowest BCUT2D eigenvalue weighted by Crippen LogP contribution is -2.44. The SMILES string of the molecule is Cc1ccc(C2=C(N3CCCCC3)C(=O)N(CCN3CCOCC3)C2=O)cc1C. The summed E-state index contributed by atoms with van der Waals surface area (Å²) in [6.07, 6.45) is 3.32. The predicted octanol–water partition coefficient (Wildman–Crippen LogP) is 2.20. The summed E-state index contributed by atoms with van der Waals surface area (Å²) in [7, 11) is 0. The lowest BCUT2D eigenvalue weighted by atomic mass is 9.98. The maximum atomic E-state index is 13.4. The number of hydrogen-bond acceptors (Lipinski definition) is 5. The van der Waals surface area contributed by atoms with Crippen molar-refractivity contribution >= 4 is 17.4 Å². The highest BCUT2D eigenvalue weighted by Gasteiger charge is 2.41. The average molecular weight is 398 g/mol. The van der Waals surface area contributed by atoms with Crippen molar-refractivity contribution in [3.63, 3.8) is 0 Å². The second-order valence-corrected chi connectivity index (χ2v) is 8.29. The minimum absolute atomic E-state index is 0.126. The number of rotatable bonds is 5. The molecule has 0 radical (unpaired) electrons. The molecule has 2 saturated heterocycles. The topological polar surface area (TPSA) is 53.1 Å². The van der Waals surface area contributed by atoms with Crippen molar-refractivity contribution in [3.8, 4) is 0 Å². The summed E-state index contributed by atoms with van der Waals surface area (Å²) >= 11 is 0. The van der Waals surface area contributed by atoms with E-state index in [9.17, 15) is 9.59 Å². The molecule has 2 fully saturated rings. The third-order valence-electron chi connectivity index (χ3n) is 6.35. The molecule has 156 valence electrons. The largest absolute Gasteiger partial charge is 0.379 e. The average Bonchev–Trinajstić information content (AvgIpc) is 3.00. The van der Waals surface area contributed by atoms with Gasteiger partial charge in [-0.1, -0.05) is 18.2 Å². The van der Waals surface area contributed by atoms with Crippen LogP contribution in [0.1, 0.15) is 36.0 Å². The van der Waals surface area contributed by atoms with Crippen molar-refractivity contribution in [2.45, 2.75) is 33.1 Å². The van der Waals surface area contributed by atoms with Gasteiger partial charge in [0.25, 0.3) is 11.8 Å². The number of amides is 2. The highest BCUT2D eigenvalue weighted by molar-refractivity contribution is 6.35. The normalized spacial score (nSPS) is 21.4. The first kappa shape index (κ1) is 20.1. The Morgan fingerprint density at radius 3 is 2.28 bits per heavy atom. The van der Waals surface area contributed by atoms with E-state index in [1.165, 1.54) is 16.9 Å². The lowest BCUT2D eigenvalue weighted by molar-refractivity contribution is -0.138. The quantitative estimate of drug-likeness (QED) is 0.713. The molecular formula is C23H31N3O3. The number of piperidine rings is 1. The van der Waals surface area contributed by atoms with Gasteiger partial charge < -0.3 is 9.64 Å². The molecule has 1 aromatic carbocycles. The first-order valence-corrected chi connectivity index (χ1v) is 10.8. The Morgan fingerprint density at radius 2 is 1.59 bits per heavy atom. The van der Waals surface area contributed by atoms with Crippen LogP contribution in [0.25, 0.3) is 5.57 Å². The fraction of sp³-hybridized carbons (Fsp3) is 0.565. The van der Waals surface area contributed by atoms with E-state index in [1.54, 1.807) is 0 Å². The number of ether oxygens (including phenoxy) is 1. The third kappa shape index (κ3) is 4.09. The number of benzene rings is 1. The highest BCUT2D eigenvalue weighted by atomic mass is 16.5. The molecule has 0 N–H and O–H groups in total. The molecule has 3 aliphatic heterocycles. The molecule has 0 bridgehead atoms. The van der Waals surface area contributed by atoms with Crippen molar-refractivity contribution in [3.05, 3.63) is 40.6 Å². The molecular weight excluding hydrogens is 366 g/mol. The molecule has 0 atom stereocenters. The van der Waals surface area contributed by atoms with Gasteiger partial charge in [0.2, 0.25) is 0 Å². The second kappa shape index (κ2) is 8.67. The van der Waals surface area contributed by atoms with E-state index < -0.39 is 0 Å². The van der Waals surface area contributed by atoms with E-state index in [0.717, 1.165) is 50.1 Å². The Morgan fingerprint density at radius 1 is 0.862 bits per heavy atom. The first-order chi connectivity index (χ1) is 14.1. The molecule has 0 unspecified atom stereocenters. The van der Waals surface area contributed by atoms with Crippen LogP contribution in [0.2, 0.25) is 0 Å². The smallest absolute Gasteiger partial charge is 0.277 e. The van der Waals surface area contributed by atoms with E-state index in [1.807, 2.05) is 18.2 Å². The van der Waals surface area contributed by atoms with Gasteiger partial charge in [0.05, 0.1) is 18.8 Å². The van der Waals surface area contributed by atoms with E-state index in [4.69, 9.17) is 4.74 Å². The van der Waals surface area contributed by atoms with Gasteiger partial charge in [0.15, 0.2) is 0 Å². The zero-order valence-electron chi connectivity index (χ0n) is 17.6. The van der Waals surface area contributed by atoms with Gasteiger partial charge in [-0.2, -0.15) is 0 Å². The predicted molar refractivity (Wildman–Crippen MR) is 112 cm³/mol. The van der Waals surface area contributed by atoms with Crippen LogP contribution in [0.4, 0.5) is 0 Å². The van der Waals surface area contributed by atoms with Crippen LogP contribution in [0.15, 0.2) is 23.9 Å². The number of carbonyl (C=O) groups is 2. The van der Waals surface area contributed by atoms with Crippen LogP contribution in [-0.2, 0) is 14.3 Å². The molecule has 4 rings (SSSR count). The van der Waals surface area contributed by atoms with Crippen LogP contribution < -0.4 is 0 Å². The number of carbonyl (C=O) groups excluding carboxylic acids is 2. The Labute approximate surface area is 173 Å². The summed E-state index contributed by atoms with van der Waals surface area (Å²) in [6, 6.07) is 6.07. The molecule has 3 heterocycles. The first-order valence-electron chi connectivity index (χ1n) is 10.8. The van der Waals surface area contributed by atoms with Gasteiger partial charge in [-0.25, -0.2) is 0 Å². The zero-order chi connectivity index (χ0) is 20.4. The summed E-state index contributed by atoms with van der Waals surface area (Å²) < 4.78 is 5.40. The monoisotopic (exact) mass is 397 g/mol. The summed E-state index contributed by atoms with van der Waals surface area (Å²) in [6.45, 7) is 10.1. The van der Waals surface area contributed by atoms with Crippen LogP contribution >= 0.6 is 0 Å². The molecule has 0 saturated carbocycles. The van der Waals surface area contributed by atoms with Crippen LogP contribution in [0.5, 0.6) is 0 Å². The van der Waals surface area contributed by atoms with Crippen molar-refractivity contribution in [1.82, 2.24) is 14.7 Å². The van der Waals surface area contributed by atoms with Gasteiger partial charge in [0.1, 0.15) is 5.70 Å². The number of aryl methyl sites for hydroxylation is 2. The van der Waals surface area contributed by atoms with Crippen molar-refractivity contribution in [2.24, 2.45) is 0 Å². The van der Waals surface area contributed by atoms with Crippen molar-refractivity contribution < 1.29 is 14.3 Å². The van der Waals surface area contributed by atoms with E-state index in [-0.39, 0.29) is 11.8 Å². The van der Waals surface area contributed by atoms with E-state index >= 15 is 0 Å². The van der Waals surface area contributed by atoms with Crippen LogP contribution in [0, 0.1) is 13.8 Å². The van der Waals surface area contributed by atoms with Crippen molar-refractivity contribution in [1.29, 1.82) is 0 Å². The molecule has 6 heteroatoms. The fourth-order valence-electron chi connectivity index (χ4n) is 4.40. The lowest BCUT2D eigenvalue weighted by Gasteiger charge is -2.30. The Bertz CT molecular complexity index is 821. The minimum atomic E-state index is -0.146. The maximum absolute atomic E-state index is 13.4. The van der Waals surface area contributed by atoms with Gasteiger partial charge in [0, 0.05) is 39.3 Å². The second-order valence-electron chi connectivity index (χ2n) is 8.29. The summed E-state index contributed by atoms with van der Waals surface area (Å²) in [5, 5.41) is 0. The highest BCUT2D eigenvalue weighted by Crippen LogP contribution is 2.33. The molecule has 0 aliphatic carbocycles. The molecule has 1 aromatic rings. The van der Waals surface area contributed by atoms with E-state index in [0.29, 0.717) is 37.6 Å². The Kier molecular flexibility index (Phi) is 6.01. The number of nitrogens with zero attached hydrogens (tertiary/aromatic N) is 3. The number of morpholine rings is 1. The Hall–Kier alpha value is -2.18. The molecule has 3 aliphatic rings. The van der Waals surface area contributed by atoms with Gasteiger partial charge in [-0.05, 0) is 49.8 Å². The number of imide groups is 1. The summed E-state index contributed by atoms with van der Waals surface area (Å²) in [5.41, 5.74) is 4.39. The standard InChI is InChI=1S/C23H31N3O3/c1-17-6-7-19(16-18(17)2)20-21(25-8-4-3-5-9-25)23(28)26(22(20)27)11-10-24-12-14-29-15-13-24/h6-7,16H,3-5,8-15H2,1-2H3. The molecule has 6 nitrogen and oxygen atoms in total. The molecule has 0 aromatic heterocycles. The van der Waals surface area contributed by atoms with Gasteiger partial charge in [-0.3, -0.25) is 19.4 Å². The number of likely N-dealkylation sites (tertiary alicyclic amines) is 1. The van der Waals surface area contributed by atoms with Crippen molar-refractivity contribution in [2.75, 3.05) is 52.5 Å². The third-order valence-corrected chi connectivity index (χ3v) is 6.35. The zero-order valence-corrected chi connectivity index (χ0v) is 17.6. The fourth-order valence-corrected chi connectivity index (χ4v) is 4.40. The van der Waals surface area contributed by atoms with Crippen LogP contribution in [-0.4, -0.2) is 79.0 Å². The van der Waals surface area contributed by atoms with Crippen LogP contribution in [0.3, 0.4) is 0 Å². The minimum Gasteiger partial charge on any atom is -0.379 e. The number of hydrogen-bond donors (Lipinski definition) is 0. The maximum Gasteiger partial charge on any atom is 0.277 e. The summed E-state index contributed by atoms with van der Waals surface area (Å²) in [4.78, 5) is 32.7.